The minimum Gasteiger partial charge on any atom is -0.370 e. The first-order chi connectivity index (χ1) is 12.6. The van der Waals surface area contributed by atoms with Gasteiger partial charge in [0.25, 0.3) is 0 Å². The predicted molar refractivity (Wildman–Crippen MR) is 100 cm³/mol. The monoisotopic (exact) mass is 348 g/mol. The molecule has 2 N–H and O–H groups in total. The number of nitrogens with two attached hydrogens (primary N) is 1. The van der Waals surface area contributed by atoms with Crippen LogP contribution in [0, 0.1) is 0 Å². The van der Waals surface area contributed by atoms with Crippen LogP contribution in [-0.4, -0.2) is 16.7 Å². The summed E-state index contributed by atoms with van der Waals surface area (Å²) in [6.45, 7) is 0. The zero-order valence-electron chi connectivity index (χ0n) is 14.9. The molecule has 0 unspecified atom stereocenters. The average Bonchev–Trinajstić information content (AvgIpc) is 3.26. The van der Waals surface area contributed by atoms with E-state index >= 15 is 0 Å². The van der Waals surface area contributed by atoms with E-state index in [0.717, 1.165) is 25.7 Å². The van der Waals surface area contributed by atoms with E-state index in [2.05, 4.69) is 41.3 Å². The smallest absolute Gasteiger partial charge is 0.224 e. The zero-order valence-corrected chi connectivity index (χ0v) is 14.9. The summed E-state index contributed by atoms with van der Waals surface area (Å²) in [5.41, 5.74) is 10.5. The number of carbonyl (C=O) groups excluding carboxylic acids is 2. The molecule has 4 heteroatoms. The highest BCUT2D eigenvalue weighted by Gasteiger charge is 2.38. The van der Waals surface area contributed by atoms with Crippen molar-refractivity contribution < 1.29 is 9.59 Å². The Morgan fingerprint density at radius 2 is 1.35 bits per heavy atom. The Balaban J connectivity index is 1.69. The van der Waals surface area contributed by atoms with Gasteiger partial charge in [-0.25, -0.2) is 0 Å². The molecule has 0 saturated heterocycles. The van der Waals surface area contributed by atoms with Crippen molar-refractivity contribution in [1.29, 1.82) is 0 Å². The highest BCUT2D eigenvalue weighted by molar-refractivity contribution is 5.83. The molecule has 2 aliphatic rings. The third kappa shape index (κ3) is 3.00. The summed E-state index contributed by atoms with van der Waals surface area (Å²) in [6.07, 6.45) is 4.18. The number of fused-ring (bicyclic) bond motifs is 2. The van der Waals surface area contributed by atoms with E-state index in [0.29, 0.717) is 0 Å². The van der Waals surface area contributed by atoms with Crippen molar-refractivity contribution in [2.24, 2.45) is 5.73 Å². The summed E-state index contributed by atoms with van der Waals surface area (Å²) in [6, 6.07) is 17.0. The second-order valence-electron chi connectivity index (χ2n) is 7.27. The Labute approximate surface area is 154 Å². The molecule has 2 atom stereocenters. The number of nitrogens with zero attached hydrogens (tertiary/aromatic N) is 1. The SMILES string of the molecule is NC(=O)CCC(=O)N([C@@H]1CCc2ccccc21)[C@@H]1CCc2ccccc21. The van der Waals surface area contributed by atoms with E-state index < -0.39 is 5.91 Å². The maximum absolute atomic E-state index is 13.2. The van der Waals surface area contributed by atoms with Crippen LogP contribution in [0.2, 0.25) is 0 Å². The molecule has 134 valence electrons. The summed E-state index contributed by atoms with van der Waals surface area (Å²) in [7, 11) is 0. The third-order valence-electron chi connectivity index (χ3n) is 5.75. The van der Waals surface area contributed by atoms with Crippen LogP contribution in [0.4, 0.5) is 0 Å². The van der Waals surface area contributed by atoms with Crippen LogP contribution in [0.15, 0.2) is 48.5 Å². The molecule has 0 aromatic heterocycles. The van der Waals surface area contributed by atoms with E-state index in [-0.39, 0.29) is 30.8 Å². The van der Waals surface area contributed by atoms with E-state index in [4.69, 9.17) is 5.73 Å². The van der Waals surface area contributed by atoms with Crippen molar-refractivity contribution in [1.82, 2.24) is 4.90 Å². The van der Waals surface area contributed by atoms with Gasteiger partial charge in [-0.05, 0) is 47.9 Å². The van der Waals surface area contributed by atoms with Gasteiger partial charge in [0, 0.05) is 12.8 Å². The van der Waals surface area contributed by atoms with Crippen molar-refractivity contribution in [3.8, 4) is 0 Å². The summed E-state index contributed by atoms with van der Waals surface area (Å²) in [5, 5.41) is 0. The molecule has 2 aromatic carbocycles. The molecular formula is C22H24N2O2. The third-order valence-corrected chi connectivity index (χ3v) is 5.75. The zero-order chi connectivity index (χ0) is 18.1. The van der Waals surface area contributed by atoms with Crippen LogP contribution < -0.4 is 5.73 Å². The number of benzene rings is 2. The number of rotatable bonds is 5. The van der Waals surface area contributed by atoms with Crippen LogP contribution in [0.1, 0.15) is 60.0 Å². The molecule has 2 aliphatic carbocycles. The molecule has 0 saturated carbocycles. The van der Waals surface area contributed by atoms with Gasteiger partial charge >= 0.3 is 0 Å². The fourth-order valence-electron chi connectivity index (χ4n) is 4.57. The lowest BCUT2D eigenvalue weighted by molar-refractivity contribution is -0.138. The Kier molecular flexibility index (Phi) is 4.49. The Hall–Kier alpha value is -2.62. The first-order valence-electron chi connectivity index (χ1n) is 9.40. The summed E-state index contributed by atoms with van der Waals surface area (Å²) < 4.78 is 0. The van der Waals surface area contributed by atoms with Crippen molar-refractivity contribution in [3.05, 3.63) is 70.8 Å². The van der Waals surface area contributed by atoms with Crippen LogP contribution in [0.3, 0.4) is 0 Å². The van der Waals surface area contributed by atoms with Gasteiger partial charge in [0.1, 0.15) is 0 Å². The van der Waals surface area contributed by atoms with Crippen LogP contribution in [0.25, 0.3) is 0 Å². The molecular weight excluding hydrogens is 324 g/mol. The average molecular weight is 348 g/mol. The molecule has 0 heterocycles. The van der Waals surface area contributed by atoms with E-state index in [1.165, 1.54) is 22.3 Å². The fourth-order valence-corrected chi connectivity index (χ4v) is 4.57. The van der Waals surface area contributed by atoms with Crippen molar-refractivity contribution >= 4 is 11.8 Å². The standard InChI is InChI=1S/C22H24N2O2/c23-21(25)13-14-22(26)24(19-11-9-15-5-1-3-7-17(15)19)20-12-10-16-6-2-4-8-18(16)20/h1-8,19-20H,9-14H2,(H2,23,25)/t19-,20-/m1/s1. The number of amides is 2. The minimum atomic E-state index is -0.419. The Morgan fingerprint density at radius 3 is 1.85 bits per heavy atom. The van der Waals surface area contributed by atoms with Gasteiger partial charge < -0.3 is 10.6 Å². The van der Waals surface area contributed by atoms with Crippen molar-refractivity contribution in [2.45, 2.75) is 50.6 Å². The molecule has 4 rings (SSSR count). The first-order valence-corrected chi connectivity index (χ1v) is 9.40. The molecule has 2 amide bonds. The van der Waals surface area contributed by atoms with Gasteiger partial charge in [-0.3, -0.25) is 9.59 Å². The fraction of sp³-hybridized carbons (Fsp3) is 0.364. The minimum absolute atomic E-state index is 0.0345. The highest BCUT2D eigenvalue weighted by Crippen LogP contribution is 2.45. The Bertz CT molecular complexity index is 790. The maximum Gasteiger partial charge on any atom is 0.224 e. The van der Waals surface area contributed by atoms with E-state index in [1.807, 2.05) is 12.1 Å². The number of carbonyl (C=O) groups is 2. The molecule has 0 fully saturated rings. The van der Waals surface area contributed by atoms with Gasteiger partial charge in [0.15, 0.2) is 0 Å². The highest BCUT2D eigenvalue weighted by atomic mass is 16.2. The molecule has 0 bridgehead atoms. The van der Waals surface area contributed by atoms with Gasteiger partial charge in [-0.15, -0.1) is 0 Å². The second kappa shape index (κ2) is 6.94. The Morgan fingerprint density at radius 1 is 0.846 bits per heavy atom. The maximum atomic E-state index is 13.2. The second-order valence-corrected chi connectivity index (χ2v) is 7.27. The predicted octanol–water partition coefficient (Wildman–Crippen LogP) is 3.46. The van der Waals surface area contributed by atoms with Crippen LogP contribution >= 0.6 is 0 Å². The number of hydrogen-bond acceptors (Lipinski definition) is 2. The summed E-state index contributed by atoms with van der Waals surface area (Å²) >= 11 is 0. The number of hydrogen-bond donors (Lipinski definition) is 1. The molecule has 0 radical (unpaired) electrons. The first kappa shape index (κ1) is 16.8. The summed E-state index contributed by atoms with van der Waals surface area (Å²) in [5.74, 6) is -0.385. The quantitative estimate of drug-likeness (QED) is 0.899. The van der Waals surface area contributed by atoms with E-state index in [9.17, 15) is 9.59 Å². The molecule has 0 aliphatic heterocycles. The molecule has 2 aromatic rings. The molecule has 26 heavy (non-hydrogen) atoms. The largest absolute Gasteiger partial charge is 0.370 e. The lowest BCUT2D eigenvalue weighted by Crippen LogP contribution is -2.37. The van der Waals surface area contributed by atoms with Crippen molar-refractivity contribution in [2.75, 3.05) is 0 Å². The van der Waals surface area contributed by atoms with Gasteiger partial charge in [-0.1, -0.05) is 48.5 Å². The normalized spacial score (nSPS) is 20.5. The van der Waals surface area contributed by atoms with Gasteiger partial charge in [0.2, 0.25) is 11.8 Å². The van der Waals surface area contributed by atoms with Crippen LogP contribution in [-0.2, 0) is 22.4 Å². The topological polar surface area (TPSA) is 63.4 Å². The van der Waals surface area contributed by atoms with Gasteiger partial charge in [-0.2, -0.15) is 0 Å². The summed E-state index contributed by atoms with van der Waals surface area (Å²) in [4.78, 5) is 26.4. The molecule has 0 spiro atoms. The number of primary amides is 1. The van der Waals surface area contributed by atoms with Crippen LogP contribution in [0.5, 0.6) is 0 Å². The number of aryl methyl sites for hydroxylation is 2. The van der Waals surface area contributed by atoms with Gasteiger partial charge in [0.05, 0.1) is 12.1 Å². The molecule has 4 nitrogen and oxygen atoms in total. The lowest BCUT2D eigenvalue weighted by atomic mass is 10.00. The van der Waals surface area contributed by atoms with E-state index in [1.54, 1.807) is 0 Å². The lowest BCUT2D eigenvalue weighted by Gasteiger charge is -2.36. The van der Waals surface area contributed by atoms with Crippen molar-refractivity contribution in [3.63, 3.8) is 0 Å².